The fraction of sp³-hybridized carbons (Fsp3) is 0.350. The molecular formula is C20H20F3N3O4S2. The maximum absolute atomic E-state index is 12.3. The Morgan fingerprint density at radius 3 is 2.47 bits per heavy atom. The largest absolute Gasteiger partial charge is 0.573 e. The number of hydrogen-bond acceptors (Lipinski definition) is 6. The number of nitrogens with one attached hydrogen (secondary N) is 1. The summed E-state index contributed by atoms with van der Waals surface area (Å²) in [6.45, 7) is 2.70. The Labute approximate surface area is 191 Å². The molecule has 7 nitrogen and oxygen atoms in total. The summed E-state index contributed by atoms with van der Waals surface area (Å²) in [5, 5.41) is 25.9. The van der Waals surface area contributed by atoms with E-state index in [9.17, 15) is 23.1 Å². The van der Waals surface area contributed by atoms with E-state index in [1.165, 1.54) is 35.6 Å². The zero-order valence-electron chi connectivity index (χ0n) is 16.8. The van der Waals surface area contributed by atoms with Crippen LogP contribution in [0.15, 0.2) is 34.7 Å². The van der Waals surface area contributed by atoms with Crippen molar-refractivity contribution in [3.05, 3.63) is 35.2 Å². The molecule has 3 N–H and O–H groups in total. The summed E-state index contributed by atoms with van der Waals surface area (Å²) in [5.41, 5.74) is 4.22. The van der Waals surface area contributed by atoms with Crippen LogP contribution in [0.5, 0.6) is 11.5 Å². The Kier molecular flexibility index (Phi) is 7.24. The average Bonchev–Trinajstić information content (AvgIpc) is 3.12. The SMILES string of the molecule is CC(=NNC(=S)N1CCC(C(=O)O)CC1)c1csc(-c2ccc(OC(F)(F)F)cc2)c1O. The average molecular weight is 488 g/mol. The molecule has 1 aliphatic rings. The van der Waals surface area contributed by atoms with Crippen molar-refractivity contribution in [3.63, 3.8) is 0 Å². The van der Waals surface area contributed by atoms with Gasteiger partial charge in [-0.25, -0.2) is 0 Å². The number of aromatic hydroxyl groups is 1. The fourth-order valence-corrected chi connectivity index (χ4v) is 4.45. The number of hydrazone groups is 1. The molecular weight excluding hydrogens is 467 g/mol. The van der Waals surface area contributed by atoms with Crippen LogP contribution in [-0.4, -0.2) is 51.4 Å². The minimum Gasteiger partial charge on any atom is -0.506 e. The Morgan fingerprint density at radius 1 is 1.28 bits per heavy atom. The molecule has 1 aliphatic heterocycles. The topological polar surface area (TPSA) is 94.4 Å². The molecule has 2 heterocycles. The van der Waals surface area contributed by atoms with Crippen molar-refractivity contribution in [2.24, 2.45) is 11.0 Å². The number of rotatable bonds is 5. The molecule has 0 aliphatic carbocycles. The summed E-state index contributed by atoms with van der Waals surface area (Å²) < 4.78 is 40.8. The van der Waals surface area contributed by atoms with Crippen molar-refractivity contribution < 1.29 is 32.9 Å². The van der Waals surface area contributed by atoms with Crippen LogP contribution in [0.2, 0.25) is 0 Å². The first kappa shape index (κ1) is 23.8. The molecule has 0 atom stereocenters. The van der Waals surface area contributed by atoms with Crippen molar-refractivity contribution in [1.29, 1.82) is 0 Å². The summed E-state index contributed by atoms with van der Waals surface area (Å²) in [5.74, 6) is -1.56. The molecule has 0 radical (unpaired) electrons. The number of piperidine rings is 1. The lowest BCUT2D eigenvalue weighted by atomic mass is 9.97. The van der Waals surface area contributed by atoms with Gasteiger partial charge in [0.2, 0.25) is 0 Å². The molecule has 3 rings (SSSR count). The third-order valence-corrected chi connectivity index (χ3v) is 6.32. The van der Waals surface area contributed by atoms with Gasteiger partial charge in [0.05, 0.1) is 22.1 Å². The summed E-state index contributed by atoms with van der Waals surface area (Å²) in [6.07, 6.45) is -3.77. The Hall–Kier alpha value is -2.86. The van der Waals surface area contributed by atoms with Gasteiger partial charge in [0.25, 0.3) is 0 Å². The van der Waals surface area contributed by atoms with Crippen LogP contribution in [-0.2, 0) is 4.79 Å². The van der Waals surface area contributed by atoms with Crippen LogP contribution >= 0.6 is 23.6 Å². The molecule has 172 valence electrons. The molecule has 1 aromatic carbocycles. The number of aliphatic carboxylic acids is 1. The zero-order chi connectivity index (χ0) is 23.5. The summed E-state index contributed by atoms with van der Waals surface area (Å²) in [4.78, 5) is 13.4. The van der Waals surface area contributed by atoms with Gasteiger partial charge in [-0.2, -0.15) is 5.10 Å². The van der Waals surface area contributed by atoms with E-state index in [4.69, 9.17) is 17.3 Å². The van der Waals surface area contributed by atoms with E-state index in [-0.39, 0.29) is 17.4 Å². The lowest BCUT2D eigenvalue weighted by Crippen LogP contribution is -2.44. The molecule has 1 saturated heterocycles. The number of alkyl halides is 3. The number of benzene rings is 1. The lowest BCUT2D eigenvalue weighted by Gasteiger charge is -2.31. The zero-order valence-corrected chi connectivity index (χ0v) is 18.5. The number of ether oxygens (including phenoxy) is 1. The molecule has 0 spiro atoms. The molecule has 0 amide bonds. The van der Waals surface area contributed by atoms with E-state index in [0.717, 1.165) is 0 Å². The second-order valence-corrected chi connectivity index (χ2v) is 8.38. The van der Waals surface area contributed by atoms with E-state index in [1.54, 1.807) is 12.3 Å². The number of carboxylic acids is 1. The van der Waals surface area contributed by atoms with Crippen LogP contribution in [0.4, 0.5) is 13.2 Å². The van der Waals surface area contributed by atoms with E-state index < -0.39 is 12.3 Å². The van der Waals surface area contributed by atoms with Crippen LogP contribution in [0, 0.1) is 5.92 Å². The van der Waals surface area contributed by atoms with Gasteiger partial charge in [-0.3, -0.25) is 10.2 Å². The van der Waals surface area contributed by atoms with Crippen LogP contribution in [0.3, 0.4) is 0 Å². The highest BCUT2D eigenvalue weighted by Gasteiger charge is 2.31. The molecule has 1 fully saturated rings. The molecule has 32 heavy (non-hydrogen) atoms. The van der Waals surface area contributed by atoms with Crippen LogP contribution in [0.25, 0.3) is 10.4 Å². The van der Waals surface area contributed by atoms with Gasteiger partial charge in [-0.15, -0.1) is 24.5 Å². The molecule has 0 saturated carbocycles. The Morgan fingerprint density at radius 2 is 1.91 bits per heavy atom. The number of hydrogen-bond donors (Lipinski definition) is 3. The molecule has 0 unspecified atom stereocenters. The number of carboxylic acid groups (broad SMARTS) is 1. The van der Waals surface area contributed by atoms with Crippen molar-refractivity contribution in [3.8, 4) is 21.9 Å². The van der Waals surface area contributed by atoms with Gasteiger partial charge in [0, 0.05) is 18.5 Å². The number of thiophene rings is 1. The quantitative estimate of drug-likeness (QED) is 0.327. The highest BCUT2D eigenvalue weighted by molar-refractivity contribution is 7.80. The maximum atomic E-state index is 12.3. The minimum absolute atomic E-state index is 0.0456. The van der Waals surface area contributed by atoms with Crippen molar-refractivity contribution >= 4 is 40.3 Å². The molecule has 2 aromatic rings. The Bertz CT molecular complexity index is 1010. The van der Waals surface area contributed by atoms with E-state index >= 15 is 0 Å². The van der Waals surface area contributed by atoms with Gasteiger partial charge in [0.1, 0.15) is 11.5 Å². The van der Waals surface area contributed by atoms with Crippen molar-refractivity contribution in [2.45, 2.75) is 26.1 Å². The number of thiocarbonyl (C=S) groups is 1. The van der Waals surface area contributed by atoms with Gasteiger partial charge in [-0.1, -0.05) is 0 Å². The normalized spacial score (nSPS) is 15.5. The predicted octanol–water partition coefficient (Wildman–Crippen LogP) is 4.41. The lowest BCUT2D eigenvalue weighted by molar-refractivity contribution is -0.274. The molecule has 0 bridgehead atoms. The predicted molar refractivity (Wildman–Crippen MR) is 118 cm³/mol. The third-order valence-electron chi connectivity index (χ3n) is 4.96. The number of likely N-dealkylation sites (tertiary alicyclic amines) is 1. The van der Waals surface area contributed by atoms with Gasteiger partial charge in [-0.05, 0) is 61.8 Å². The highest BCUT2D eigenvalue weighted by Crippen LogP contribution is 2.39. The van der Waals surface area contributed by atoms with E-state index in [0.29, 0.717) is 52.8 Å². The van der Waals surface area contributed by atoms with E-state index in [2.05, 4.69) is 15.3 Å². The number of nitrogens with zero attached hydrogens (tertiary/aromatic N) is 2. The second-order valence-electron chi connectivity index (χ2n) is 7.11. The first-order valence-corrected chi connectivity index (χ1v) is 10.8. The van der Waals surface area contributed by atoms with Crippen LogP contribution in [0.1, 0.15) is 25.3 Å². The summed E-state index contributed by atoms with van der Waals surface area (Å²) >= 11 is 6.54. The minimum atomic E-state index is -4.77. The smallest absolute Gasteiger partial charge is 0.506 e. The standard InChI is InChI=1S/C20H20F3N3O4S2/c1-11(24-25-19(31)26-8-6-13(7-9-26)18(28)29)15-10-32-17(16(15)27)12-2-4-14(5-3-12)30-20(21,22)23/h2-5,10,13,27H,6-9H2,1H3,(H,25,31)(H,28,29). The number of carbonyl (C=O) groups is 1. The van der Waals surface area contributed by atoms with Gasteiger partial charge >= 0.3 is 12.3 Å². The summed E-state index contributed by atoms with van der Waals surface area (Å²) in [6, 6.07) is 5.21. The van der Waals surface area contributed by atoms with Gasteiger partial charge < -0.3 is 19.8 Å². The Balaban J connectivity index is 1.64. The fourth-order valence-electron chi connectivity index (χ4n) is 3.21. The molecule has 12 heteroatoms. The summed E-state index contributed by atoms with van der Waals surface area (Å²) in [7, 11) is 0. The maximum Gasteiger partial charge on any atom is 0.573 e. The number of halogens is 3. The van der Waals surface area contributed by atoms with Crippen LogP contribution < -0.4 is 10.2 Å². The van der Waals surface area contributed by atoms with Gasteiger partial charge in [0.15, 0.2) is 5.11 Å². The monoisotopic (exact) mass is 487 g/mol. The third kappa shape index (κ3) is 5.88. The first-order chi connectivity index (χ1) is 15.0. The van der Waals surface area contributed by atoms with E-state index in [1.807, 2.05) is 4.90 Å². The highest BCUT2D eigenvalue weighted by atomic mass is 32.1. The first-order valence-electron chi connectivity index (χ1n) is 9.54. The molecule has 1 aromatic heterocycles. The second kappa shape index (κ2) is 9.74. The van der Waals surface area contributed by atoms with Crippen molar-refractivity contribution in [2.75, 3.05) is 13.1 Å². The van der Waals surface area contributed by atoms with Crippen molar-refractivity contribution in [1.82, 2.24) is 10.3 Å².